The van der Waals surface area contributed by atoms with E-state index in [1.54, 1.807) is 6.20 Å². The van der Waals surface area contributed by atoms with Crippen LogP contribution < -0.4 is 21.1 Å². The maximum absolute atomic E-state index is 6.34. The summed E-state index contributed by atoms with van der Waals surface area (Å²) in [6, 6.07) is 17.5. The molecule has 0 atom stereocenters. The molecule has 0 saturated heterocycles. The third kappa shape index (κ3) is 3.50. The molecule has 7 heteroatoms. The molecule has 7 nitrogen and oxygen atoms in total. The first-order valence-corrected chi connectivity index (χ1v) is 8.96. The van der Waals surface area contributed by atoms with Gasteiger partial charge in [-0.2, -0.15) is 0 Å². The molecule has 0 unspecified atom stereocenters. The topological polar surface area (TPSA) is 98.0 Å². The van der Waals surface area contributed by atoms with Gasteiger partial charge >= 0.3 is 0 Å². The molecule has 0 aliphatic rings. The van der Waals surface area contributed by atoms with Crippen molar-refractivity contribution in [2.75, 3.05) is 23.0 Å². The third-order valence-corrected chi connectivity index (χ3v) is 4.21. The summed E-state index contributed by atoms with van der Waals surface area (Å²) in [5.41, 5.74) is 9.19. The second-order valence-electron chi connectivity index (χ2n) is 6.04. The Morgan fingerprint density at radius 1 is 0.857 bits per heavy atom. The zero-order valence-electron chi connectivity index (χ0n) is 15.4. The predicted octanol–water partition coefficient (Wildman–Crippen LogP) is 4.49. The van der Waals surface area contributed by atoms with Gasteiger partial charge in [0.15, 0.2) is 11.6 Å². The molecule has 0 radical (unpaired) electrons. The van der Waals surface area contributed by atoms with E-state index in [-0.39, 0.29) is 0 Å². The molecule has 140 valence electrons. The van der Waals surface area contributed by atoms with Crippen molar-refractivity contribution < 1.29 is 4.74 Å². The Kier molecular flexibility index (Phi) is 4.88. The smallest absolute Gasteiger partial charge is 0.159 e. The van der Waals surface area contributed by atoms with Crippen molar-refractivity contribution in [3.63, 3.8) is 0 Å². The number of rotatable bonds is 6. The number of nitrogens with one attached hydrogen (secondary N) is 2. The number of fused-ring (bicyclic) bond motifs is 1. The van der Waals surface area contributed by atoms with Crippen molar-refractivity contribution in [3.05, 3.63) is 67.1 Å². The van der Waals surface area contributed by atoms with Crippen LogP contribution in [0.5, 0.6) is 5.75 Å². The zero-order valence-corrected chi connectivity index (χ0v) is 15.4. The highest BCUT2D eigenvalue weighted by atomic mass is 16.5. The van der Waals surface area contributed by atoms with Crippen molar-refractivity contribution in [1.82, 2.24) is 15.0 Å². The van der Waals surface area contributed by atoms with E-state index in [4.69, 9.17) is 10.5 Å². The second kappa shape index (κ2) is 7.79. The van der Waals surface area contributed by atoms with Crippen LogP contribution in [0, 0.1) is 0 Å². The van der Waals surface area contributed by atoms with E-state index in [9.17, 15) is 0 Å². The Bertz CT molecular complexity index is 1110. The number of aromatic nitrogens is 3. The fraction of sp³-hybridized carbons (Fsp3) is 0.0952. The molecule has 0 fully saturated rings. The summed E-state index contributed by atoms with van der Waals surface area (Å²) in [7, 11) is 0. The van der Waals surface area contributed by atoms with Gasteiger partial charge in [-0.3, -0.25) is 4.98 Å². The van der Waals surface area contributed by atoms with Gasteiger partial charge in [-0.1, -0.05) is 30.3 Å². The van der Waals surface area contributed by atoms with Gasteiger partial charge in [0.25, 0.3) is 0 Å². The summed E-state index contributed by atoms with van der Waals surface area (Å²) >= 11 is 0. The normalized spacial score (nSPS) is 10.6. The number of nitrogen functional groups attached to an aromatic ring is 1. The highest BCUT2D eigenvalue weighted by molar-refractivity contribution is 5.93. The minimum atomic E-state index is 0.404. The van der Waals surface area contributed by atoms with E-state index < -0.39 is 0 Å². The van der Waals surface area contributed by atoms with E-state index in [1.165, 1.54) is 6.33 Å². The Morgan fingerprint density at radius 3 is 2.39 bits per heavy atom. The fourth-order valence-electron chi connectivity index (χ4n) is 2.91. The molecule has 0 aliphatic heterocycles. The molecule has 4 N–H and O–H groups in total. The molecule has 2 aromatic carbocycles. The van der Waals surface area contributed by atoms with Crippen LogP contribution >= 0.6 is 0 Å². The minimum Gasteiger partial charge on any atom is -0.492 e. The van der Waals surface area contributed by atoms with Crippen LogP contribution in [0.4, 0.5) is 28.7 Å². The van der Waals surface area contributed by atoms with E-state index in [2.05, 4.69) is 25.6 Å². The van der Waals surface area contributed by atoms with Gasteiger partial charge in [0.2, 0.25) is 0 Å². The highest BCUT2D eigenvalue weighted by Crippen LogP contribution is 2.33. The van der Waals surface area contributed by atoms with E-state index in [1.807, 2.05) is 61.5 Å². The molecule has 0 spiro atoms. The van der Waals surface area contributed by atoms with Crippen LogP contribution in [0.1, 0.15) is 6.92 Å². The fourth-order valence-corrected chi connectivity index (χ4v) is 2.91. The Hall–Kier alpha value is -3.87. The Labute approximate surface area is 162 Å². The molecule has 4 aromatic rings. The molecular weight excluding hydrogens is 352 g/mol. The highest BCUT2D eigenvalue weighted by Gasteiger charge is 2.12. The summed E-state index contributed by atoms with van der Waals surface area (Å²) < 4.78 is 5.65. The monoisotopic (exact) mass is 372 g/mol. The Morgan fingerprint density at radius 2 is 1.57 bits per heavy atom. The minimum absolute atomic E-state index is 0.404. The molecule has 2 heterocycles. The molecule has 4 rings (SSSR count). The predicted molar refractivity (Wildman–Crippen MR) is 112 cm³/mol. The van der Waals surface area contributed by atoms with Crippen molar-refractivity contribution in [2.24, 2.45) is 0 Å². The number of pyridine rings is 1. The standard InChI is InChI=1S/C21H20N6O/c1-2-28-17-11-4-3-9-15(17)26-20-18(22)21(25-13-24-20)27-16-10-5-7-14-8-6-12-23-19(14)16/h3-13H,2,22H2,1H3,(H2,24,25,26,27). The van der Waals surface area contributed by atoms with Crippen LogP contribution in [0.15, 0.2) is 67.1 Å². The first kappa shape index (κ1) is 17.5. The quantitative estimate of drug-likeness (QED) is 0.458. The molecule has 2 aromatic heterocycles. The van der Waals surface area contributed by atoms with E-state index in [0.717, 1.165) is 28.0 Å². The van der Waals surface area contributed by atoms with Gasteiger partial charge in [-0.05, 0) is 31.2 Å². The zero-order chi connectivity index (χ0) is 19.3. The van der Waals surface area contributed by atoms with Gasteiger partial charge in [0.1, 0.15) is 17.8 Å². The van der Waals surface area contributed by atoms with Gasteiger partial charge in [0, 0.05) is 11.6 Å². The van der Waals surface area contributed by atoms with Gasteiger partial charge in [-0.15, -0.1) is 0 Å². The molecule has 28 heavy (non-hydrogen) atoms. The van der Waals surface area contributed by atoms with Gasteiger partial charge in [0.05, 0.1) is 23.5 Å². The second-order valence-corrected chi connectivity index (χ2v) is 6.04. The van der Waals surface area contributed by atoms with Crippen LogP contribution in [0.3, 0.4) is 0 Å². The third-order valence-electron chi connectivity index (χ3n) is 4.21. The SMILES string of the molecule is CCOc1ccccc1Nc1ncnc(Nc2cccc3cccnc23)c1N. The van der Waals surface area contributed by atoms with Crippen LogP contribution in [-0.2, 0) is 0 Å². The van der Waals surface area contributed by atoms with E-state index in [0.29, 0.717) is 23.9 Å². The van der Waals surface area contributed by atoms with Crippen LogP contribution in [0.25, 0.3) is 10.9 Å². The van der Waals surface area contributed by atoms with E-state index >= 15 is 0 Å². The average Bonchev–Trinajstić information content (AvgIpc) is 2.73. The molecule has 0 saturated carbocycles. The number of anilines is 5. The van der Waals surface area contributed by atoms with Crippen molar-refractivity contribution in [2.45, 2.75) is 6.92 Å². The number of benzene rings is 2. The van der Waals surface area contributed by atoms with Gasteiger partial charge < -0.3 is 21.1 Å². The number of ether oxygens (including phenoxy) is 1. The van der Waals surface area contributed by atoms with Crippen LogP contribution in [0.2, 0.25) is 0 Å². The lowest BCUT2D eigenvalue weighted by Gasteiger charge is -2.15. The summed E-state index contributed by atoms with van der Waals surface area (Å²) in [5.74, 6) is 1.73. The summed E-state index contributed by atoms with van der Waals surface area (Å²) in [5, 5.41) is 7.54. The molecule has 0 bridgehead atoms. The lowest BCUT2D eigenvalue weighted by molar-refractivity contribution is 0.342. The van der Waals surface area contributed by atoms with Crippen molar-refractivity contribution in [1.29, 1.82) is 0 Å². The number of para-hydroxylation sites is 3. The first-order valence-electron chi connectivity index (χ1n) is 8.96. The molecule has 0 aliphatic carbocycles. The van der Waals surface area contributed by atoms with Crippen molar-refractivity contribution >= 4 is 39.6 Å². The number of hydrogen-bond acceptors (Lipinski definition) is 7. The number of nitrogens with two attached hydrogens (primary N) is 1. The van der Waals surface area contributed by atoms with Gasteiger partial charge in [-0.25, -0.2) is 9.97 Å². The summed E-state index contributed by atoms with van der Waals surface area (Å²) in [6.07, 6.45) is 3.22. The maximum Gasteiger partial charge on any atom is 0.159 e. The number of nitrogens with zero attached hydrogens (tertiary/aromatic N) is 3. The number of hydrogen-bond donors (Lipinski definition) is 3. The maximum atomic E-state index is 6.34. The Balaban J connectivity index is 1.66. The summed E-state index contributed by atoms with van der Waals surface area (Å²) in [4.78, 5) is 13.0. The lowest BCUT2D eigenvalue weighted by atomic mass is 10.2. The molecular formula is C21H20N6O. The van der Waals surface area contributed by atoms with Crippen molar-refractivity contribution in [3.8, 4) is 5.75 Å². The summed E-state index contributed by atoms with van der Waals surface area (Å²) in [6.45, 7) is 2.51. The first-order chi connectivity index (χ1) is 13.8. The van der Waals surface area contributed by atoms with Crippen LogP contribution in [-0.4, -0.2) is 21.6 Å². The lowest BCUT2D eigenvalue weighted by Crippen LogP contribution is -2.06. The largest absolute Gasteiger partial charge is 0.492 e. The molecule has 0 amide bonds. The average molecular weight is 372 g/mol.